The molecule has 0 spiro atoms. The Morgan fingerprint density at radius 2 is 1.54 bits per heavy atom. The maximum absolute atomic E-state index is 14.0. The lowest BCUT2D eigenvalue weighted by Crippen LogP contribution is -2.52. The van der Waals surface area contributed by atoms with Crippen LogP contribution < -0.4 is 14.4 Å². The largest absolute Gasteiger partial charge is 0.494 e. The summed E-state index contributed by atoms with van der Waals surface area (Å²) in [6, 6.07) is 19.0. The van der Waals surface area contributed by atoms with Crippen molar-refractivity contribution in [2.45, 2.75) is 64.6 Å². The molecular weight excluding hydrogens is 562 g/mol. The number of aryl methyl sites for hydroxylation is 1. The minimum Gasteiger partial charge on any atom is -0.494 e. The van der Waals surface area contributed by atoms with Crippen molar-refractivity contribution >= 4 is 39.1 Å². The fourth-order valence-electron chi connectivity index (χ4n) is 4.08. The summed E-state index contributed by atoms with van der Waals surface area (Å²) in [6.07, 6.45) is 0.726. The average molecular weight is 600 g/mol. The van der Waals surface area contributed by atoms with Gasteiger partial charge in [0.25, 0.3) is 10.0 Å². The number of halogens is 1. The molecule has 2 unspecified atom stereocenters. The second-order valence-corrected chi connectivity index (χ2v) is 12.2. The fourth-order valence-corrected chi connectivity index (χ4v) is 5.62. The van der Waals surface area contributed by atoms with Gasteiger partial charge in [-0.3, -0.25) is 13.9 Å². The zero-order valence-corrected chi connectivity index (χ0v) is 25.7. The molecule has 0 heterocycles. The highest BCUT2D eigenvalue weighted by Crippen LogP contribution is 2.27. The number of amides is 2. The number of nitrogens with zero attached hydrogens (tertiary/aromatic N) is 2. The summed E-state index contributed by atoms with van der Waals surface area (Å²) in [4.78, 5) is 28.6. The number of carbonyl (C=O) groups excluding carboxylic acids is 2. The van der Waals surface area contributed by atoms with Crippen LogP contribution in [-0.2, 0) is 26.2 Å². The molecule has 41 heavy (non-hydrogen) atoms. The van der Waals surface area contributed by atoms with E-state index < -0.39 is 28.5 Å². The zero-order valence-electron chi connectivity index (χ0n) is 24.1. The van der Waals surface area contributed by atoms with Crippen LogP contribution >= 0.6 is 11.6 Å². The summed E-state index contributed by atoms with van der Waals surface area (Å²) in [5, 5.41) is 3.47. The van der Waals surface area contributed by atoms with E-state index >= 15 is 0 Å². The third-order valence-corrected chi connectivity index (χ3v) is 8.80. The zero-order chi connectivity index (χ0) is 30.2. The smallest absolute Gasteiger partial charge is 0.264 e. The Balaban J connectivity index is 2.02. The van der Waals surface area contributed by atoms with Crippen LogP contribution in [0.2, 0.25) is 5.02 Å². The quantitative estimate of drug-likeness (QED) is 0.277. The topological polar surface area (TPSA) is 96.0 Å². The molecule has 8 nitrogen and oxygen atoms in total. The van der Waals surface area contributed by atoms with Gasteiger partial charge in [-0.1, -0.05) is 48.4 Å². The number of rotatable bonds is 13. The van der Waals surface area contributed by atoms with E-state index in [1.54, 1.807) is 67.6 Å². The maximum atomic E-state index is 14.0. The Hall–Kier alpha value is -3.56. The van der Waals surface area contributed by atoms with E-state index in [1.165, 1.54) is 17.0 Å². The molecular formula is C31H38ClN3O5S. The molecule has 0 radical (unpaired) electrons. The summed E-state index contributed by atoms with van der Waals surface area (Å²) in [6.45, 7) is 9.24. The van der Waals surface area contributed by atoms with E-state index in [0.29, 0.717) is 23.1 Å². The van der Waals surface area contributed by atoms with Crippen LogP contribution in [0.15, 0.2) is 77.7 Å². The van der Waals surface area contributed by atoms with Crippen molar-refractivity contribution in [3.63, 3.8) is 0 Å². The van der Waals surface area contributed by atoms with Crippen molar-refractivity contribution in [2.75, 3.05) is 17.5 Å². The van der Waals surface area contributed by atoms with E-state index in [-0.39, 0.29) is 23.4 Å². The Kier molecular flexibility index (Phi) is 11.2. The molecule has 0 fully saturated rings. The van der Waals surface area contributed by atoms with Crippen LogP contribution in [-0.4, -0.2) is 50.4 Å². The number of anilines is 1. The van der Waals surface area contributed by atoms with E-state index in [1.807, 2.05) is 27.7 Å². The van der Waals surface area contributed by atoms with Gasteiger partial charge in [0.05, 0.1) is 17.2 Å². The third-order valence-electron chi connectivity index (χ3n) is 6.76. The monoisotopic (exact) mass is 599 g/mol. The first-order valence-electron chi connectivity index (χ1n) is 13.6. The second kappa shape index (κ2) is 14.4. The minimum absolute atomic E-state index is 0.0524. The highest BCUT2D eigenvalue weighted by molar-refractivity contribution is 7.92. The number of benzene rings is 3. The van der Waals surface area contributed by atoms with Crippen LogP contribution in [0.3, 0.4) is 0 Å². The SMILES string of the molecule is CCOc1ccc(N(CC(=O)N(Cc2ccc(Cl)cc2)C(C)C(=O)NC(C)CC)S(=O)(=O)c2ccc(C)cc2)cc1. The molecule has 0 aliphatic heterocycles. The number of nitrogens with one attached hydrogen (secondary N) is 1. The number of hydrogen-bond donors (Lipinski definition) is 1. The van der Waals surface area contributed by atoms with Gasteiger partial charge < -0.3 is 15.0 Å². The summed E-state index contributed by atoms with van der Waals surface area (Å²) in [5.74, 6) is -0.276. The summed E-state index contributed by atoms with van der Waals surface area (Å²) in [5.41, 5.74) is 1.95. The van der Waals surface area contributed by atoms with Gasteiger partial charge in [-0.2, -0.15) is 0 Å². The van der Waals surface area contributed by atoms with E-state index in [4.69, 9.17) is 16.3 Å². The predicted molar refractivity (Wildman–Crippen MR) is 163 cm³/mol. The molecule has 2 amide bonds. The number of ether oxygens (including phenoxy) is 1. The lowest BCUT2D eigenvalue weighted by molar-refractivity contribution is -0.139. The number of hydrogen-bond acceptors (Lipinski definition) is 5. The maximum Gasteiger partial charge on any atom is 0.264 e. The second-order valence-electron chi connectivity index (χ2n) is 9.89. The van der Waals surface area contributed by atoms with Gasteiger partial charge in [0.1, 0.15) is 18.3 Å². The molecule has 3 rings (SSSR count). The molecule has 1 N–H and O–H groups in total. The first-order chi connectivity index (χ1) is 19.5. The minimum atomic E-state index is -4.14. The van der Waals surface area contributed by atoms with Gasteiger partial charge in [0, 0.05) is 17.6 Å². The lowest BCUT2D eigenvalue weighted by atomic mass is 10.1. The van der Waals surface area contributed by atoms with E-state index in [9.17, 15) is 18.0 Å². The molecule has 0 aliphatic carbocycles. The van der Waals surface area contributed by atoms with Crippen LogP contribution in [0.1, 0.15) is 45.2 Å². The van der Waals surface area contributed by atoms with Crippen LogP contribution in [0.5, 0.6) is 5.75 Å². The highest BCUT2D eigenvalue weighted by Gasteiger charge is 2.32. The molecule has 0 bridgehead atoms. The lowest BCUT2D eigenvalue weighted by Gasteiger charge is -2.32. The van der Waals surface area contributed by atoms with Gasteiger partial charge >= 0.3 is 0 Å². The molecule has 0 aliphatic rings. The number of sulfonamides is 1. The van der Waals surface area contributed by atoms with Crippen LogP contribution in [0.25, 0.3) is 0 Å². The normalized spacial score (nSPS) is 12.7. The van der Waals surface area contributed by atoms with Crippen molar-refractivity contribution in [2.24, 2.45) is 0 Å². The van der Waals surface area contributed by atoms with Crippen molar-refractivity contribution in [1.82, 2.24) is 10.2 Å². The Labute approximate surface area is 248 Å². The van der Waals surface area contributed by atoms with Crippen molar-refractivity contribution < 1.29 is 22.7 Å². The predicted octanol–water partition coefficient (Wildman–Crippen LogP) is 5.57. The Morgan fingerprint density at radius 3 is 2.10 bits per heavy atom. The van der Waals surface area contributed by atoms with Crippen molar-refractivity contribution in [3.05, 3.63) is 88.9 Å². The fraction of sp³-hybridized carbons (Fsp3) is 0.355. The summed E-state index contributed by atoms with van der Waals surface area (Å²) < 4.78 is 34.4. The van der Waals surface area contributed by atoms with Gasteiger partial charge in [-0.05, 0) is 88.2 Å². The van der Waals surface area contributed by atoms with Gasteiger partial charge in [-0.15, -0.1) is 0 Å². The molecule has 3 aromatic carbocycles. The summed E-state index contributed by atoms with van der Waals surface area (Å²) >= 11 is 6.06. The number of carbonyl (C=O) groups is 2. The van der Waals surface area contributed by atoms with Gasteiger partial charge in [0.2, 0.25) is 11.8 Å². The molecule has 220 valence electrons. The van der Waals surface area contributed by atoms with E-state index in [0.717, 1.165) is 21.9 Å². The van der Waals surface area contributed by atoms with E-state index in [2.05, 4.69) is 5.32 Å². The average Bonchev–Trinajstić information content (AvgIpc) is 2.95. The summed E-state index contributed by atoms with van der Waals surface area (Å²) in [7, 11) is -4.14. The first-order valence-corrected chi connectivity index (χ1v) is 15.4. The Bertz CT molecular complexity index is 1410. The van der Waals surface area contributed by atoms with Crippen molar-refractivity contribution in [1.29, 1.82) is 0 Å². The highest BCUT2D eigenvalue weighted by atomic mass is 35.5. The van der Waals surface area contributed by atoms with Crippen LogP contribution in [0, 0.1) is 6.92 Å². The molecule has 2 atom stereocenters. The van der Waals surface area contributed by atoms with Gasteiger partial charge in [-0.25, -0.2) is 8.42 Å². The standard InChI is InChI=1S/C31H38ClN3O5S/c1-6-23(4)33-31(37)24(5)34(20-25-10-12-26(32)13-11-25)30(36)21-35(27-14-16-28(17-15-27)40-7-2)41(38,39)29-18-8-22(3)9-19-29/h8-19,23-24H,6-7,20-21H2,1-5H3,(H,33,37). The molecule has 0 saturated heterocycles. The molecule has 3 aromatic rings. The van der Waals surface area contributed by atoms with Gasteiger partial charge in [0.15, 0.2) is 0 Å². The Morgan fingerprint density at radius 1 is 0.927 bits per heavy atom. The third kappa shape index (κ3) is 8.47. The molecule has 10 heteroatoms. The molecule has 0 aromatic heterocycles. The first kappa shape index (κ1) is 32.0. The molecule has 0 saturated carbocycles. The van der Waals surface area contributed by atoms with Crippen molar-refractivity contribution in [3.8, 4) is 5.75 Å². The van der Waals surface area contributed by atoms with Crippen LogP contribution in [0.4, 0.5) is 5.69 Å².